The van der Waals surface area contributed by atoms with E-state index in [0.717, 1.165) is 0 Å². The summed E-state index contributed by atoms with van der Waals surface area (Å²) in [5.74, 6) is -0.906. The zero-order chi connectivity index (χ0) is 19.1. The van der Waals surface area contributed by atoms with Gasteiger partial charge in [-0.2, -0.15) is 0 Å². The van der Waals surface area contributed by atoms with Gasteiger partial charge in [0.1, 0.15) is 6.10 Å². The van der Waals surface area contributed by atoms with Crippen LogP contribution in [0.5, 0.6) is 0 Å². The van der Waals surface area contributed by atoms with Crippen LogP contribution in [0.15, 0.2) is 12.7 Å². The average Bonchev–Trinajstić information content (AvgIpc) is 2.54. The molecule has 0 spiro atoms. The molecule has 0 aliphatic rings. The molecule has 24 heavy (non-hydrogen) atoms. The van der Waals surface area contributed by atoms with Gasteiger partial charge in [-0.25, -0.2) is 14.5 Å². The number of rotatable bonds is 7. The van der Waals surface area contributed by atoms with Crippen molar-refractivity contribution in [3.05, 3.63) is 12.7 Å². The minimum Gasteiger partial charge on any atom is -0.383 e. The minimum absolute atomic E-state index is 0.0958. The Balaban J connectivity index is 5.16. The average molecular weight is 343 g/mol. The molecule has 0 aliphatic carbocycles. The summed E-state index contributed by atoms with van der Waals surface area (Å²) in [5.41, 5.74) is -0.623. The van der Waals surface area contributed by atoms with Crippen LogP contribution in [0, 0.1) is 11.3 Å². The van der Waals surface area contributed by atoms with Crippen LogP contribution in [0.2, 0.25) is 0 Å². The van der Waals surface area contributed by atoms with Crippen molar-refractivity contribution in [3.63, 3.8) is 0 Å². The molecule has 0 aliphatic heterocycles. The van der Waals surface area contributed by atoms with E-state index in [4.69, 9.17) is 0 Å². The number of urea groups is 2. The van der Waals surface area contributed by atoms with E-state index >= 15 is 0 Å². The van der Waals surface area contributed by atoms with Gasteiger partial charge in [0.25, 0.3) is 5.91 Å². The van der Waals surface area contributed by atoms with Crippen molar-refractivity contribution in [2.75, 3.05) is 13.6 Å². The minimum atomic E-state index is -1.51. The third-order valence-electron chi connectivity index (χ3n) is 3.50. The number of imide groups is 2. The van der Waals surface area contributed by atoms with Crippen LogP contribution < -0.4 is 5.32 Å². The summed E-state index contributed by atoms with van der Waals surface area (Å²) in [5, 5.41) is 21.7. The molecule has 0 radical (unpaired) electrons. The standard InChI is InChI=1S/C16H29N3O5/c1-7-16(4,5)10-18(14(22)17-6)15(23)19(24)13(21)12(20)9-8-11(2)3/h7,11-12,20,24H,1,8-10H2,2-6H3,(H,17,22)/t12-/m0/s1. The van der Waals surface area contributed by atoms with E-state index in [-0.39, 0.29) is 23.9 Å². The molecule has 8 nitrogen and oxygen atoms in total. The molecule has 0 unspecified atom stereocenters. The first-order chi connectivity index (χ1) is 11.0. The lowest BCUT2D eigenvalue weighted by Gasteiger charge is -2.30. The number of carbonyl (C=O) groups is 3. The van der Waals surface area contributed by atoms with Crippen molar-refractivity contribution < 1.29 is 24.7 Å². The van der Waals surface area contributed by atoms with Crippen LogP contribution in [0.25, 0.3) is 0 Å². The molecule has 3 N–H and O–H groups in total. The van der Waals surface area contributed by atoms with Crippen LogP contribution >= 0.6 is 0 Å². The number of nitrogens with one attached hydrogen (secondary N) is 1. The van der Waals surface area contributed by atoms with Crippen LogP contribution in [0.1, 0.15) is 40.5 Å². The third kappa shape index (κ3) is 6.67. The summed E-state index contributed by atoms with van der Waals surface area (Å²) in [6.07, 6.45) is 0.702. The molecule has 0 saturated carbocycles. The molecule has 0 rings (SSSR count). The van der Waals surface area contributed by atoms with Gasteiger partial charge < -0.3 is 10.4 Å². The molecule has 0 fully saturated rings. The number of hydrogen-bond acceptors (Lipinski definition) is 5. The Hall–Kier alpha value is -1.93. The first-order valence-corrected chi connectivity index (χ1v) is 7.84. The molecule has 5 amide bonds. The first kappa shape index (κ1) is 22.1. The second kappa shape index (κ2) is 9.39. The predicted molar refractivity (Wildman–Crippen MR) is 89.2 cm³/mol. The van der Waals surface area contributed by atoms with Crippen LogP contribution in [-0.2, 0) is 4.79 Å². The number of aliphatic hydroxyl groups excluding tert-OH is 1. The topological polar surface area (TPSA) is 110 Å². The number of aliphatic hydroxyl groups is 1. The number of nitrogens with zero attached hydrogens (tertiary/aromatic N) is 2. The summed E-state index contributed by atoms with van der Waals surface area (Å²) in [4.78, 5) is 36.9. The molecule has 0 aromatic rings. The molecule has 1 atom stereocenters. The van der Waals surface area contributed by atoms with Crippen molar-refractivity contribution in [1.29, 1.82) is 0 Å². The van der Waals surface area contributed by atoms with E-state index in [1.165, 1.54) is 7.05 Å². The number of amides is 5. The Morgan fingerprint density at radius 1 is 1.25 bits per heavy atom. The van der Waals surface area contributed by atoms with Gasteiger partial charge in [0.15, 0.2) is 0 Å². The summed E-state index contributed by atoms with van der Waals surface area (Å²) in [7, 11) is 1.32. The highest BCUT2D eigenvalue weighted by molar-refractivity contribution is 6.01. The SMILES string of the molecule is C=CC(C)(C)CN(C(=O)NC)C(=O)N(O)C(=O)[C@@H](O)CCC(C)C. The number of hydrogen-bond donors (Lipinski definition) is 3. The Bertz CT molecular complexity index is 476. The van der Waals surface area contributed by atoms with Gasteiger partial charge in [-0.3, -0.25) is 10.0 Å². The maximum atomic E-state index is 12.3. The molecule has 0 saturated heterocycles. The van der Waals surface area contributed by atoms with Crippen molar-refractivity contribution in [2.24, 2.45) is 11.3 Å². The van der Waals surface area contributed by atoms with E-state index in [0.29, 0.717) is 11.3 Å². The van der Waals surface area contributed by atoms with E-state index in [2.05, 4.69) is 11.9 Å². The lowest BCUT2D eigenvalue weighted by molar-refractivity contribution is -0.164. The monoisotopic (exact) mass is 343 g/mol. The fourth-order valence-electron chi connectivity index (χ4n) is 1.80. The Morgan fingerprint density at radius 2 is 1.79 bits per heavy atom. The molecule has 0 aromatic heterocycles. The second-order valence-electron chi connectivity index (χ2n) is 6.75. The zero-order valence-corrected chi connectivity index (χ0v) is 15.1. The van der Waals surface area contributed by atoms with Crippen LogP contribution in [-0.4, -0.2) is 57.9 Å². The smallest absolute Gasteiger partial charge is 0.359 e. The molecule has 138 valence electrons. The second-order valence-corrected chi connectivity index (χ2v) is 6.75. The molecular weight excluding hydrogens is 314 g/mol. The Morgan fingerprint density at radius 3 is 2.21 bits per heavy atom. The van der Waals surface area contributed by atoms with E-state index in [9.17, 15) is 24.7 Å². The van der Waals surface area contributed by atoms with Gasteiger partial charge >= 0.3 is 12.1 Å². The third-order valence-corrected chi connectivity index (χ3v) is 3.50. The van der Waals surface area contributed by atoms with Gasteiger partial charge in [0.2, 0.25) is 0 Å². The molecule has 0 bridgehead atoms. The van der Waals surface area contributed by atoms with Crippen molar-refractivity contribution in [3.8, 4) is 0 Å². The van der Waals surface area contributed by atoms with E-state index in [1.807, 2.05) is 13.8 Å². The van der Waals surface area contributed by atoms with Gasteiger partial charge in [-0.05, 0) is 18.8 Å². The van der Waals surface area contributed by atoms with Crippen molar-refractivity contribution in [1.82, 2.24) is 15.3 Å². The Labute approximate surface area is 143 Å². The maximum absolute atomic E-state index is 12.3. The molecule has 0 heterocycles. The zero-order valence-electron chi connectivity index (χ0n) is 15.1. The predicted octanol–water partition coefficient (Wildman–Crippen LogP) is 1.97. The normalized spacial score (nSPS) is 12.5. The van der Waals surface area contributed by atoms with Gasteiger partial charge in [0.05, 0.1) is 0 Å². The maximum Gasteiger partial charge on any atom is 0.359 e. The molecule has 8 heteroatoms. The van der Waals surface area contributed by atoms with Gasteiger partial charge in [-0.1, -0.05) is 33.8 Å². The summed E-state index contributed by atoms with van der Waals surface area (Å²) in [6.45, 7) is 10.9. The van der Waals surface area contributed by atoms with E-state index in [1.54, 1.807) is 19.9 Å². The fourth-order valence-corrected chi connectivity index (χ4v) is 1.80. The van der Waals surface area contributed by atoms with Gasteiger partial charge in [0, 0.05) is 19.0 Å². The summed E-state index contributed by atoms with van der Waals surface area (Å²) < 4.78 is 0. The van der Waals surface area contributed by atoms with Crippen molar-refractivity contribution >= 4 is 18.0 Å². The largest absolute Gasteiger partial charge is 0.383 e. The summed E-state index contributed by atoms with van der Waals surface area (Å²) >= 11 is 0. The Kier molecular flexibility index (Phi) is 8.63. The highest BCUT2D eigenvalue weighted by Gasteiger charge is 2.35. The lowest BCUT2D eigenvalue weighted by atomic mass is 9.93. The van der Waals surface area contributed by atoms with Crippen molar-refractivity contribution in [2.45, 2.75) is 46.6 Å². The molecule has 0 aromatic carbocycles. The van der Waals surface area contributed by atoms with Crippen LogP contribution in [0.3, 0.4) is 0 Å². The fraction of sp³-hybridized carbons (Fsp3) is 0.688. The molecular formula is C16H29N3O5. The lowest BCUT2D eigenvalue weighted by Crippen LogP contribution is -2.54. The number of hydroxylamine groups is 2. The highest BCUT2D eigenvalue weighted by atomic mass is 16.5. The quantitative estimate of drug-likeness (QED) is 0.372. The highest BCUT2D eigenvalue weighted by Crippen LogP contribution is 2.19. The van der Waals surface area contributed by atoms with E-state index < -0.39 is 29.5 Å². The summed E-state index contributed by atoms with van der Waals surface area (Å²) in [6, 6.07) is -2.00. The van der Waals surface area contributed by atoms with Gasteiger partial charge in [-0.15, -0.1) is 11.6 Å². The number of carbonyl (C=O) groups excluding carboxylic acids is 3. The first-order valence-electron chi connectivity index (χ1n) is 7.84. The van der Waals surface area contributed by atoms with Crippen LogP contribution in [0.4, 0.5) is 9.59 Å².